The number of nitrogens with one attached hydrogen (secondary N) is 2. The molecule has 0 bridgehead atoms. The van der Waals surface area contributed by atoms with Crippen LogP contribution in [0, 0.1) is 20.8 Å². The molecule has 1 atom stereocenters. The van der Waals surface area contributed by atoms with Crippen LogP contribution in [0.5, 0.6) is 0 Å². The fourth-order valence-corrected chi connectivity index (χ4v) is 4.13. The lowest BCUT2D eigenvalue weighted by atomic mass is 10.0. The number of aromatic nitrogens is 4. The minimum atomic E-state index is -0.0453. The fourth-order valence-electron chi connectivity index (χ4n) is 4.13. The van der Waals surface area contributed by atoms with Crippen molar-refractivity contribution in [1.82, 2.24) is 25.0 Å². The van der Waals surface area contributed by atoms with Crippen molar-refractivity contribution in [2.75, 3.05) is 5.32 Å². The van der Waals surface area contributed by atoms with Crippen LogP contribution in [-0.4, -0.2) is 33.5 Å². The lowest BCUT2D eigenvalue weighted by Gasteiger charge is -2.12. The lowest BCUT2D eigenvalue weighted by Crippen LogP contribution is -2.16. The van der Waals surface area contributed by atoms with Crippen molar-refractivity contribution >= 4 is 25.5 Å². The highest BCUT2D eigenvalue weighted by Gasteiger charge is 2.26. The van der Waals surface area contributed by atoms with Crippen LogP contribution in [-0.2, 0) is 0 Å². The number of fused-ring (bicyclic) bond motifs is 1. The minimum Gasteiger partial charge on any atom is -0.345 e. The monoisotopic (exact) mass is 434 g/mol. The predicted octanol–water partition coefficient (Wildman–Crippen LogP) is 4.41. The van der Waals surface area contributed by atoms with Gasteiger partial charge in [0, 0.05) is 28.6 Å². The molecule has 1 aliphatic rings. The quantitative estimate of drug-likeness (QED) is 0.465. The molecule has 1 amide bonds. The number of hydrogen-bond donors (Lipinski definition) is 2. The van der Waals surface area contributed by atoms with E-state index in [2.05, 4.69) is 31.8 Å². The molecule has 0 spiro atoms. The summed E-state index contributed by atoms with van der Waals surface area (Å²) < 4.78 is 1.24. The van der Waals surface area contributed by atoms with E-state index in [9.17, 15) is 4.79 Å². The van der Waals surface area contributed by atoms with E-state index in [-0.39, 0.29) is 11.9 Å². The molecule has 0 fully saturated rings. The molecule has 162 valence electrons. The lowest BCUT2D eigenvalue weighted by molar-refractivity contribution is 0.0958. The molecule has 0 saturated carbocycles. The Morgan fingerprint density at radius 3 is 2.58 bits per heavy atom. The van der Waals surface area contributed by atoms with Crippen molar-refractivity contribution in [2.45, 2.75) is 33.7 Å². The molecule has 5 rings (SSSR count). The van der Waals surface area contributed by atoms with Crippen LogP contribution in [0.2, 0.25) is 0 Å². The Labute approximate surface area is 193 Å². The molecular formula is C25H23BN6O. The standard InChI is InChI=1S/C25H23BN6O/c1-13-5-8-21(27-12-13)18-7-6-17(9-14(18)2)23-30-25(32(26)31-23)29-22-11-19-16(4)28-24(33)20(19)10-15(22)3/h5-12,16H,1-4H3,(H,28,33)(H,29,30,31). The largest absolute Gasteiger partial charge is 0.345 e. The molecule has 8 heteroatoms. The highest BCUT2D eigenvalue weighted by Crippen LogP contribution is 2.32. The number of amides is 1. The van der Waals surface area contributed by atoms with Gasteiger partial charge in [-0.1, -0.05) is 18.2 Å². The van der Waals surface area contributed by atoms with Crippen molar-refractivity contribution in [3.8, 4) is 22.6 Å². The number of rotatable bonds is 4. The Balaban J connectivity index is 1.44. The van der Waals surface area contributed by atoms with Gasteiger partial charge in [0.15, 0.2) is 5.82 Å². The van der Waals surface area contributed by atoms with Crippen molar-refractivity contribution in [1.29, 1.82) is 0 Å². The first-order valence-corrected chi connectivity index (χ1v) is 10.8. The summed E-state index contributed by atoms with van der Waals surface area (Å²) in [4.78, 5) is 21.2. The Morgan fingerprint density at radius 2 is 1.85 bits per heavy atom. The van der Waals surface area contributed by atoms with E-state index < -0.39 is 0 Å². The van der Waals surface area contributed by atoms with E-state index >= 15 is 0 Å². The summed E-state index contributed by atoms with van der Waals surface area (Å²) in [5.74, 6) is 0.895. The zero-order valence-corrected chi connectivity index (χ0v) is 19.0. The summed E-state index contributed by atoms with van der Waals surface area (Å²) in [5.41, 5.74) is 8.48. The van der Waals surface area contributed by atoms with E-state index in [1.807, 2.05) is 70.3 Å². The zero-order valence-electron chi connectivity index (χ0n) is 19.0. The third-order valence-corrected chi connectivity index (χ3v) is 6.00. The Hall–Kier alpha value is -3.94. The molecule has 1 aliphatic heterocycles. The summed E-state index contributed by atoms with van der Waals surface area (Å²) in [7, 11) is 6.12. The molecule has 2 aromatic carbocycles. The highest BCUT2D eigenvalue weighted by molar-refractivity contribution is 6.07. The first kappa shape index (κ1) is 20.9. The van der Waals surface area contributed by atoms with E-state index in [0.29, 0.717) is 17.3 Å². The maximum absolute atomic E-state index is 12.1. The van der Waals surface area contributed by atoms with Crippen molar-refractivity contribution < 1.29 is 4.79 Å². The number of aryl methyl sites for hydroxylation is 3. The van der Waals surface area contributed by atoms with Gasteiger partial charge in [-0.05, 0) is 74.2 Å². The summed E-state index contributed by atoms with van der Waals surface area (Å²) in [6.45, 7) is 7.97. The molecule has 0 saturated heterocycles. The number of pyridine rings is 1. The van der Waals surface area contributed by atoms with Crippen molar-refractivity contribution in [3.63, 3.8) is 0 Å². The highest BCUT2D eigenvalue weighted by atomic mass is 16.2. The number of carbonyl (C=O) groups is 1. The molecule has 4 aromatic rings. The van der Waals surface area contributed by atoms with Gasteiger partial charge < -0.3 is 10.6 Å². The second kappa shape index (κ2) is 7.88. The molecule has 2 aromatic heterocycles. The van der Waals surface area contributed by atoms with Crippen LogP contribution in [0.3, 0.4) is 0 Å². The summed E-state index contributed by atoms with van der Waals surface area (Å²) in [5, 5.41) is 10.6. The molecule has 2 N–H and O–H groups in total. The first-order valence-electron chi connectivity index (χ1n) is 10.8. The topological polar surface area (TPSA) is 84.7 Å². The van der Waals surface area contributed by atoms with Crippen LogP contribution in [0.25, 0.3) is 22.6 Å². The average Bonchev–Trinajstić information content (AvgIpc) is 3.28. The molecule has 7 nitrogen and oxygen atoms in total. The van der Waals surface area contributed by atoms with Gasteiger partial charge in [-0.15, -0.1) is 0 Å². The van der Waals surface area contributed by atoms with Crippen molar-refractivity contribution in [3.05, 3.63) is 76.5 Å². The SMILES string of the molecule is [B]n1nc(-c2ccc(-c3ccc(C)cn3)c(C)c2)nc1Nc1cc2c(cc1C)C(=O)NC2C. The van der Waals surface area contributed by atoms with Gasteiger partial charge >= 0.3 is 0 Å². The second-order valence-corrected chi connectivity index (χ2v) is 8.53. The van der Waals surface area contributed by atoms with Crippen LogP contribution in [0.4, 0.5) is 11.6 Å². The van der Waals surface area contributed by atoms with Crippen LogP contribution >= 0.6 is 0 Å². The second-order valence-electron chi connectivity index (χ2n) is 8.53. The normalized spacial score (nSPS) is 14.8. The molecule has 0 aliphatic carbocycles. The summed E-state index contributed by atoms with van der Waals surface area (Å²) >= 11 is 0. The maximum Gasteiger partial charge on any atom is 0.269 e. The third-order valence-electron chi connectivity index (χ3n) is 6.00. The molecule has 2 radical (unpaired) electrons. The molecule has 3 heterocycles. The van der Waals surface area contributed by atoms with Gasteiger partial charge in [0.1, 0.15) is 0 Å². The van der Waals surface area contributed by atoms with Crippen molar-refractivity contribution in [2.24, 2.45) is 0 Å². The van der Waals surface area contributed by atoms with Crippen LogP contribution in [0.1, 0.15) is 45.6 Å². The number of carbonyl (C=O) groups excluding carboxylic acids is 1. The Morgan fingerprint density at radius 1 is 1.03 bits per heavy atom. The number of anilines is 2. The zero-order chi connectivity index (χ0) is 23.3. The van der Waals surface area contributed by atoms with Gasteiger partial charge in [0.05, 0.1) is 11.7 Å². The first-order chi connectivity index (χ1) is 15.8. The number of benzene rings is 2. The van der Waals surface area contributed by atoms with Gasteiger partial charge in [0.2, 0.25) is 5.95 Å². The molecule has 1 unspecified atom stereocenters. The summed E-state index contributed by atoms with van der Waals surface area (Å²) in [6, 6.07) is 13.9. The van der Waals surface area contributed by atoms with E-state index in [1.165, 1.54) is 4.59 Å². The average molecular weight is 434 g/mol. The Bertz CT molecular complexity index is 1390. The van der Waals surface area contributed by atoms with Gasteiger partial charge in [-0.25, -0.2) is 0 Å². The number of nitrogens with zero attached hydrogens (tertiary/aromatic N) is 4. The summed E-state index contributed by atoms with van der Waals surface area (Å²) in [6.07, 6.45) is 1.87. The van der Waals surface area contributed by atoms with E-state index in [0.717, 1.165) is 44.8 Å². The van der Waals surface area contributed by atoms with E-state index in [4.69, 9.17) is 7.98 Å². The third kappa shape index (κ3) is 3.78. The fraction of sp³-hybridized carbons (Fsp3) is 0.200. The Kier molecular flexibility index (Phi) is 5.00. The molecule has 33 heavy (non-hydrogen) atoms. The number of hydrogen-bond acceptors (Lipinski definition) is 5. The van der Waals surface area contributed by atoms with E-state index in [1.54, 1.807) is 0 Å². The minimum absolute atomic E-state index is 0.0375. The van der Waals surface area contributed by atoms with Crippen LogP contribution in [0.15, 0.2) is 48.7 Å². The predicted molar refractivity (Wildman–Crippen MR) is 130 cm³/mol. The van der Waals surface area contributed by atoms with Crippen LogP contribution < -0.4 is 10.6 Å². The van der Waals surface area contributed by atoms with Gasteiger partial charge in [-0.3, -0.25) is 14.4 Å². The van der Waals surface area contributed by atoms with Gasteiger partial charge in [-0.2, -0.15) is 10.1 Å². The maximum atomic E-state index is 12.1. The smallest absolute Gasteiger partial charge is 0.269 e. The van der Waals surface area contributed by atoms with Gasteiger partial charge in [0.25, 0.3) is 13.9 Å². The molecular weight excluding hydrogens is 411 g/mol.